The minimum absolute atomic E-state index is 0.255. The lowest BCUT2D eigenvalue weighted by Gasteiger charge is -2.00. The van der Waals surface area contributed by atoms with Crippen molar-refractivity contribution in [2.24, 2.45) is 0 Å². The van der Waals surface area contributed by atoms with Crippen molar-refractivity contribution in [2.75, 3.05) is 0 Å². The van der Waals surface area contributed by atoms with Crippen molar-refractivity contribution >= 4 is 15.9 Å². The number of nitrogens with one attached hydrogen (secondary N) is 1. The fourth-order valence-electron chi connectivity index (χ4n) is 1.15. The Morgan fingerprint density at radius 3 is 2.82 bits per heavy atom. The molecule has 0 radical (unpaired) electrons. The van der Waals surface area contributed by atoms with Gasteiger partial charge in [-0.2, -0.15) is 10.4 Å². The molecule has 1 aromatic heterocycles. The first-order chi connectivity index (χ1) is 5.28. The Kier molecular flexibility index (Phi) is 1.30. The van der Waals surface area contributed by atoms with E-state index >= 15 is 0 Å². The van der Waals surface area contributed by atoms with Gasteiger partial charge in [0.15, 0.2) is 0 Å². The molecule has 0 atom stereocenters. The highest BCUT2D eigenvalue weighted by Crippen LogP contribution is 2.48. The minimum Gasteiger partial charge on any atom is -0.280 e. The van der Waals surface area contributed by atoms with E-state index in [0.29, 0.717) is 0 Å². The summed E-state index contributed by atoms with van der Waals surface area (Å²) in [7, 11) is 0. The SMILES string of the molecule is N#CC1(c2[nH]ncc2Br)CC1. The molecule has 0 bridgehead atoms. The quantitative estimate of drug-likeness (QED) is 0.770. The first-order valence-corrected chi connectivity index (χ1v) is 4.18. The van der Waals surface area contributed by atoms with E-state index in [-0.39, 0.29) is 5.41 Å². The lowest BCUT2D eigenvalue weighted by molar-refractivity contribution is 0.833. The zero-order valence-corrected chi connectivity index (χ0v) is 7.35. The average molecular weight is 212 g/mol. The lowest BCUT2D eigenvalue weighted by atomic mass is 10.1. The van der Waals surface area contributed by atoms with Gasteiger partial charge < -0.3 is 0 Å². The van der Waals surface area contributed by atoms with Crippen LogP contribution in [0, 0.1) is 11.3 Å². The van der Waals surface area contributed by atoms with Gasteiger partial charge in [0.1, 0.15) is 0 Å². The zero-order valence-electron chi connectivity index (χ0n) is 5.76. The molecule has 11 heavy (non-hydrogen) atoms. The van der Waals surface area contributed by atoms with Crippen LogP contribution in [-0.2, 0) is 5.41 Å². The van der Waals surface area contributed by atoms with E-state index in [2.05, 4.69) is 32.2 Å². The number of rotatable bonds is 1. The smallest absolute Gasteiger partial charge is 0.1000 e. The van der Waals surface area contributed by atoms with Crippen molar-refractivity contribution in [2.45, 2.75) is 18.3 Å². The molecule has 1 N–H and O–H groups in total. The molecule has 1 heterocycles. The molecule has 0 saturated heterocycles. The second-order valence-electron chi connectivity index (χ2n) is 2.79. The number of H-pyrrole nitrogens is 1. The Morgan fingerprint density at radius 2 is 2.45 bits per heavy atom. The number of aromatic nitrogens is 2. The molecule has 1 aliphatic carbocycles. The maximum absolute atomic E-state index is 8.83. The van der Waals surface area contributed by atoms with Crippen LogP contribution in [0.4, 0.5) is 0 Å². The molecule has 0 spiro atoms. The summed E-state index contributed by atoms with van der Waals surface area (Å²) >= 11 is 3.34. The van der Waals surface area contributed by atoms with E-state index in [9.17, 15) is 0 Å². The molecule has 4 heteroatoms. The van der Waals surface area contributed by atoms with Gasteiger partial charge in [-0.25, -0.2) is 0 Å². The Balaban J connectivity index is 2.45. The molecular formula is C7H6BrN3. The summed E-state index contributed by atoms with van der Waals surface area (Å²) in [6.45, 7) is 0. The van der Waals surface area contributed by atoms with Crippen molar-refractivity contribution in [1.29, 1.82) is 5.26 Å². The van der Waals surface area contributed by atoms with Gasteiger partial charge in [-0.3, -0.25) is 5.10 Å². The van der Waals surface area contributed by atoms with E-state index in [1.54, 1.807) is 6.20 Å². The molecule has 0 unspecified atom stereocenters. The average Bonchev–Trinajstić information content (AvgIpc) is 2.70. The fraction of sp³-hybridized carbons (Fsp3) is 0.429. The van der Waals surface area contributed by atoms with E-state index in [1.165, 1.54) is 0 Å². The summed E-state index contributed by atoms with van der Waals surface area (Å²) in [6.07, 6.45) is 3.58. The van der Waals surface area contributed by atoms with E-state index < -0.39 is 0 Å². The number of nitriles is 1. The van der Waals surface area contributed by atoms with Gasteiger partial charge in [-0.1, -0.05) is 0 Å². The number of hydrogen-bond acceptors (Lipinski definition) is 2. The Labute approximate surface area is 72.5 Å². The second kappa shape index (κ2) is 2.08. The van der Waals surface area contributed by atoms with Crippen LogP contribution in [-0.4, -0.2) is 10.2 Å². The highest BCUT2D eigenvalue weighted by molar-refractivity contribution is 9.10. The number of nitrogens with zero attached hydrogens (tertiary/aromatic N) is 2. The highest BCUT2D eigenvalue weighted by Gasteiger charge is 2.47. The predicted octanol–water partition coefficient (Wildman–Crippen LogP) is 1.73. The monoisotopic (exact) mass is 211 g/mol. The van der Waals surface area contributed by atoms with E-state index in [0.717, 1.165) is 23.0 Å². The van der Waals surface area contributed by atoms with Gasteiger partial charge in [0.25, 0.3) is 0 Å². The first kappa shape index (κ1) is 6.86. The third kappa shape index (κ3) is 0.881. The molecule has 1 aromatic rings. The lowest BCUT2D eigenvalue weighted by Crippen LogP contribution is -2.03. The maximum atomic E-state index is 8.83. The molecule has 0 aromatic carbocycles. The third-order valence-corrected chi connectivity index (χ3v) is 2.64. The molecule has 2 rings (SSSR count). The third-order valence-electron chi connectivity index (χ3n) is 2.04. The Bertz CT molecular complexity index is 319. The highest BCUT2D eigenvalue weighted by atomic mass is 79.9. The summed E-state index contributed by atoms with van der Waals surface area (Å²) < 4.78 is 0.913. The van der Waals surface area contributed by atoms with Crippen LogP contribution in [0.3, 0.4) is 0 Å². The van der Waals surface area contributed by atoms with Crippen molar-refractivity contribution in [3.05, 3.63) is 16.4 Å². The van der Waals surface area contributed by atoms with Crippen LogP contribution in [0.2, 0.25) is 0 Å². The van der Waals surface area contributed by atoms with Gasteiger partial charge in [-0.15, -0.1) is 0 Å². The number of aromatic amines is 1. The second-order valence-corrected chi connectivity index (χ2v) is 3.64. The summed E-state index contributed by atoms with van der Waals surface area (Å²) in [6, 6.07) is 2.29. The van der Waals surface area contributed by atoms with Crippen molar-refractivity contribution < 1.29 is 0 Å². The molecular weight excluding hydrogens is 206 g/mol. The largest absolute Gasteiger partial charge is 0.280 e. The maximum Gasteiger partial charge on any atom is 0.1000 e. The van der Waals surface area contributed by atoms with E-state index in [1.807, 2.05) is 0 Å². The molecule has 0 aliphatic heterocycles. The molecule has 56 valence electrons. The standard InChI is InChI=1S/C7H6BrN3/c8-5-3-10-11-6(5)7(4-9)1-2-7/h3H,1-2H2,(H,10,11). The molecule has 1 fully saturated rings. The summed E-state index contributed by atoms with van der Waals surface area (Å²) in [4.78, 5) is 0. The van der Waals surface area contributed by atoms with Crippen LogP contribution in [0.25, 0.3) is 0 Å². The van der Waals surface area contributed by atoms with E-state index in [4.69, 9.17) is 5.26 Å². The summed E-state index contributed by atoms with van der Waals surface area (Å²) in [5, 5.41) is 15.5. The Morgan fingerprint density at radius 1 is 1.73 bits per heavy atom. The molecule has 0 amide bonds. The van der Waals surface area contributed by atoms with Crippen LogP contribution < -0.4 is 0 Å². The van der Waals surface area contributed by atoms with Crippen molar-refractivity contribution in [1.82, 2.24) is 10.2 Å². The topological polar surface area (TPSA) is 52.5 Å². The van der Waals surface area contributed by atoms with Crippen molar-refractivity contribution in [3.63, 3.8) is 0 Å². The Hall–Kier alpha value is -0.820. The van der Waals surface area contributed by atoms with Crippen LogP contribution >= 0.6 is 15.9 Å². The summed E-state index contributed by atoms with van der Waals surface area (Å²) in [5.74, 6) is 0. The number of hydrogen-bond donors (Lipinski definition) is 1. The molecule has 3 nitrogen and oxygen atoms in total. The normalized spacial score (nSPS) is 19.3. The predicted molar refractivity (Wildman–Crippen MR) is 42.8 cm³/mol. The van der Waals surface area contributed by atoms with Gasteiger partial charge in [0.05, 0.1) is 27.8 Å². The van der Waals surface area contributed by atoms with Gasteiger partial charge in [-0.05, 0) is 28.8 Å². The van der Waals surface area contributed by atoms with Crippen LogP contribution in [0.1, 0.15) is 18.5 Å². The first-order valence-electron chi connectivity index (χ1n) is 3.39. The molecule has 1 saturated carbocycles. The minimum atomic E-state index is -0.255. The summed E-state index contributed by atoms with van der Waals surface area (Å²) in [5.41, 5.74) is 0.676. The molecule has 1 aliphatic rings. The van der Waals surface area contributed by atoms with Crippen LogP contribution in [0.5, 0.6) is 0 Å². The van der Waals surface area contributed by atoms with Gasteiger partial charge in [0.2, 0.25) is 0 Å². The zero-order chi connectivity index (χ0) is 7.90. The fourth-order valence-corrected chi connectivity index (χ4v) is 1.72. The van der Waals surface area contributed by atoms with Gasteiger partial charge >= 0.3 is 0 Å². The van der Waals surface area contributed by atoms with Gasteiger partial charge in [0, 0.05) is 0 Å². The number of halogens is 1. The van der Waals surface area contributed by atoms with Crippen molar-refractivity contribution in [3.8, 4) is 6.07 Å². The van der Waals surface area contributed by atoms with Crippen LogP contribution in [0.15, 0.2) is 10.7 Å².